The van der Waals surface area contributed by atoms with Crippen molar-refractivity contribution < 1.29 is 13.2 Å². The summed E-state index contributed by atoms with van der Waals surface area (Å²) in [6, 6.07) is 11.7. The fraction of sp³-hybridized carbons (Fsp3) is 0.200. The molecule has 2 N–H and O–H groups in total. The lowest BCUT2D eigenvalue weighted by atomic mass is 10.2. The van der Waals surface area contributed by atoms with Crippen molar-refractivity contribution in [1.29, 1.82) is 0 Å². The topological polar surface area (TPSA) is 88.2 Å². The van der Waals surface area contributed by atoms with Crippen LogP contribution < -0.4 is 10.0 Å². The van der Waals surface area contributed by atoms with Gasteiger partial charge in [0.25, 0.3) is 0 Å². The van der Waals surface area contributed by atoms with E-state index < -0.39 is 10.0 Å². The summed E-state index contributed by atoms with van der Waals surface area (Å²) in [5.41, 5.74) is 0.980. The molecule has 1 aromatic heterocycles. The highest BCUT2D eigenvalue weighted by molar-refractivity contribution is 7.89. The Kier molecular flexibility index (Phi) is 5.24. The van der Waals surface area contributed by atoms with E-state index in [9.17, 15) is 13.2 Å². The van der Waals surface area contributed by atoms with Crippen LogP contribution in [0.15, 0.2) is 53.6 Å². The maximum atomic E-state index is 12.0. The monoisotopic (exact) mass is 319 g/mol. The molecule has 22 heavy (non-hydrogen) atoms. The summed E-state index contributed by atoms with van der Waals surface area (Å²) in [5.74, 6) is 0.138. The summed E-state index contributed by atoms with van der Waals surface area (Å²) in [4.78, 5) is 15.8. The van der Waals surface area contributed by atoms with E-state index in [0.717, 1.165) is 5.56 Å². The minimum Gasteiger partial charge on any atom is -0.311 e. The van der Waals surface area contributed by atoms with Gasteiger partial charge < -0.3 is 5.32 Å². The van der Waals surface area contributed by atoms with E-state index in [0.29, 0.717) is 5.82 Å². The normalized spacial score (nSPS) is 11.1. The van der Waals surface area contributed by atoms with Gasteiger partial charge in [0, 0.05) is 19.2 Å². The van der Waals surface area contributed by atoms with E-state index in [1.807, 2.05) is 6.92 Å². The van der Waals surface area contributed by atoms with Crippen LogP contribution in [0.1, 0.15) is 12.0 Å². The number of carbonyl (C=O) groups is 1. The molecule has 116 valence electrons. The average Bonchev–Trinajstić information content (AvgIpc) is 2.48. The molecule has 0 atom stereocenters. The number of aromatic nitrogens is 1. The predicted octanol–water partition coefficient (Wildman–Crippen LogP) is 1.70. The number of amides is 1. The third-order valence-corrected chi connectivity index (χ3v) is 4.38. The van der Waals surface area contributed by atoms with Crippen molar-refractivity contribution in [3.05, 3.63) is 54.2 Å². The molecular weight excluding hydrogens is 302 g/mol. The molecule has 0 saturated carbocycles. The summed E-state index contributed by atoms with van der Waals surface area (Å²) in [6.45, 7) is 1.90. The van der Waals surface area contributed by atoms with Gasteiger partial charge in [-0.2, -0.15) is 0 Å². The molecule has 1 amide bonds. The second-order valence-corrected chi connectivity index (χ2v) is 6.49. The molecule has 1 heterocycles. The molecule has 7 heteroatoms. The molecule has 0 radical (unpaired) electrons. The maximum Gasteiger partial charge on any atom is 0.240 e. The lowest BCUT2D eigenvalue weighted by Crippen LogP contribution is -2.28. The molecule has 2 rings (SSSR count). The van der Waals surface area contributed by atoms with Crippen LogP contribution in [0.5, 0.6) is 0 Å². The number of nitrogens with zero attached hydrogens (tertiary/aromatic N) is 1. The Morgan fingerprint density at radius 2 is 1.86 bits per heavy atom. The van der Waals surface area contributed by atoms with Crippen molar-refractivity contribution in [2.24, 2.45) is 0 Å². The van der Waals surface area contributed by atoms with Crippen LogP contribution in [-0.4, -0.2) is 25.9 Å². The number of hydrogen-bond acceptors (Lipinski definition) is 4. The molecule has 0 aliphatic carbocycles. The second-order valence-electron chi connectivity index (χ2n) is 4.72. The van der Waals surface area contributed by atoms with Crippen molar-refractivity contribution in [3.63, 3.8) is 0 Å². The summed E-state index contributed by atoms with van der Waals surface area (Å²) >= 11 is 0. The summed E-state index contributed by atoms with van der Waals surface area (Å²) in [5, 5.41) is 2.59. The molecule has 1 aromatic carbocycles. The molecule has 0 spiro atoms. The number of pyridine rings is 1. The highest BCUT2D eigenvalue weighted by Gasteiger charge is 2.13. The van der Waals surface area contributed by atoms with Crippen molar-refractivity contribution in [2.75, 3.05) is 11.9 Å². The smallest absolute Gasteiger partial charge is 0.240 e. The van der Waals surface area contributed by atoms with Crippen molar-refractivity contribution >= 4 is 21.7 Å². The highest BCUT2D eigenvalue weighted by atomic mass is 32.2. The van der Waals surface area contributed by atoms with Gasteiger partial charge in [0.05, 0.1) is 4.90 Å². The number of rotatable bonds is 6. The standard InChI is InChI=1S/C15H17N3O3S/c1-12-5-7-13(8-6-12)22(20,21)17-11-9-15(19)18-14-4-2-3-10-16-14/h2-8,10,17H,9,11H2,1H3,(H,16,18,19). The van der Waals surface area contributed by atoms with E-state index in [1.165, 1.54) is 12.1 Å². The molecule has 0 bridgehead atoms. The number of carbonyl (C=O) groups excluding carboxylic acids is 1. The van der Waals surface area contributed by atoms with Crippen LogP contribution in [0.2, 0.25) is 0 Å². The van der Waals surface area contributed by atoms with Crippen LogP contribution in [0, 0.1) is 6.92 Å². The SMILES string of the molecule is Cc1ccc(S(=O)(=O)NCCC(=O)Nc2ccccn2)cc1. The Hall–Kier alpha value is -2.25. The zero-order valence-corrected chi connectivity index (χ0v) is 12.9. The molecular formula is C15H17N3O3S. The van der Waals surface area contributed by atoms with E-state index >= 15 is 0 Å². The van der Waals surface area contributed by atoms with E-state index in [1.54, 1.807) is 36.5 Å². The Balaban J connectivity index is 1.85. The van der Waals surface area contributed by atoms with Crippen LogP contribution in [0.4, 0.5) is 5.82 Å². The van der Waals surface area contributed by atoms with Crippen LogP contribution in [-0.2, 0) is 14.8 Å². The zero-order valence-electron chi connectivity index (χ0n) is 12.1. The van der Waals surface area contributed by atoms with Crippen LogP contribution in [0.25, 0.3) is 0 Å². The number of hydrogen-bond donors (Lipinski definition) is 2. The average molecular weight is 319 g/mol. The lowest BCUT2D eigenvalue weighted by Gasteiger charge is -2.07. The number of aryl methyl sites for hydroxylation is 1. The first-order chi connectivity index (χ1) is 10.5. The Labute approximate surface area is 129 Å². The number of nitrogens with one attached hydrogen (secondary N) is 2. The Bertz CT molecular complexity index is 728. The first-order valence-electron chi connectivity index (χ1n) is 6.74. The van der Waals surface area contributed by atoms with Crippen molar-refractivity contribution in [2.45, 2.75) is 18.2 Å². The molecule has 0 saturated heterocycles. The van der Waals surface area contributed by atoms with Crippen molar-refractivity contribution in [1.82, 2.24) is 9.71 Å². The maximum absolute atomic E-state index is 12.0. The first-order valence-corrected chi connectivity index (χ1v) is 8.23. The third-order valence-electron chi connectivity index (χ3n) is 2.91. The van der Waals surface area contributed by atoms with Crippen LogP contribution in [0.3, 0.4) is 0 Å². The van der Waals surface area contributed by atoms with Crippen LogP contribution >= 0.6 is 0 Å². The minimum atomic E-state index is -3.59. The van der Waals surface area contributed by atoms with E-state index in [2.05, 4.69) is 15.0 Å². The van der Waals surface area contributed by atoms with Crippen molar-refractivity contribution in [3.8, 4) is 0 Å². The van der Waals surface area contributed by atoms with E-state index in [-0.39, 0.29) is 23.8 Å². The summed E-state index contributed by atoms with van der Waals surface area (Å²) < 4.78 is 26.5. The van der Waals surface area contributed by atoms with Gasteiger partial charge in [-0.1, -0.05) is 23.8 Å². The zero-order chi connectivity index (χ0) is 16.0. The Morgan fingerprint density at radius 3 is 2.50 bits per heavy atom. The summed E-state index contributed by atoms with van der Waals surface area (Å²) in [6.07, 6.45) is 1.59. The molecule has 0 aliphatic rings. The van der Waals surface area contributed by atoms with Gasteiger partial charge in [-0.3, -0.25) is 4.79 Å². The number of anilines is 1. The minimum absolute atomic E-state index is 0.0227. The molecule has 0 fully saturated rings. The summed E-state index contributed by atoms with van der Waals surface area (Å²) in [7, 11) is -3.59. The first kappa shape index (κ1) is 16.1. The third kappa shape index (κ3) is 4.64. The highest BCUT2D eigenvalue weighted by Crippen LogP contribution is 2.09. The predicted molar refractivity (Wildman–Crippen MR) is 83.9 cm³/mol. The lowest BCUT2D eigenvalue weighted by molar-refractivity contribution is -0.116. The van der Waals surface area contributed by atoms with E-state index in [4.69, 9.17) is 0 Å². The molecule has 0 aliphatic heterocycles. The molecule has 0 unspecified atom stereocenters. The number of benzene rings is 1. The van der Waals surface area contributed by atoms with Gasteiger partial charge in [-0.15, -0.1) is 0 Å². The quantitative estimate of drug-likeness (QED) is 0.848. The van der Waals surface area contributed by atoms with Gasteiger partial charge in [0.15, 0.2) is 0 Å². The fourth-order valence-electron chi connectivity index (χ4n) is 1.74. The van der Waals surface area contributed by atoms with Gasteiger partial charge in [-0.05, 0) is 31.2 Å². The largest absolute Gasteiger partial charge is 0.311 e. The fourth-order valence-corrected chi connectivity index (χ4v) is 2.77. The van der Waals surface area contributed by atoms with Gasteiger partial charge in [0.2, 0.25) is 15.9 Å². The van der Waals surface area contributed by atoms with Gasteiger partial charge in [0.1, 0.15) is 5.82 Å². The molecule has 6 nitrogen and oxygen atoms in total. The van der Waals surface area contributed by atoms with Gasteiger partial charge >= 0.3 is 0 Å². The number of sulfonamides is 1. The van der Waals surface area contributed by atoms with Gasteiger partial charge in [-0.25, -0.2) is 18.1 Å². The molecule has 2 aromatic rings. The second kappa shape index (κ2) is 7.15. The Morgan fingerprint density at radius 1 is 1.14 bits per heavy atom.